The van der Waals surface area contributed by atoms with E-state index in [1.54, 1.807) is 0 Å². The summed E-state index contributed by atoms with van der Waals surface area (Å²) in [5, 5.41) is -0.175. The standard InChI is InChI=1S/C41H67ClO2/c1-3-5-7-9-11-13-15-17-19-21-23-25-35-43-39-31-27-37(28-32-39)41(42)38-29-33-40(34-30-38)44-36-26-24-22-20-18-16-14-12-10-8-6-4-2/h27-34,41H,3-26,35-36H2,1-2H3. The SMILES string of the molecule is CCCCCCCCCCCCCCOc1ccc(C(Cl)c2ccc(OCCCCCCCCCCCCCC)cc2)cc1. The number of ether oxygens (including phenoxy) is 2. The van der Waals surface area contributed by atoms with Crippen LogP contribution in [0.2, 0.25) is 0 Å². The topological polar surface area (TPSA) is 18.5 Å². The van der Waals surface area contributed by atoms with E-state index in [0.29, 0.717) is 0 Å². The van der Waals surface area contributed by atoms with Gasteiger partial charge >= 0.3 is 0 Å². The lowest BCUT2D eigenvalue weighted by atomic mass is 10.0. The molecule has 0 aromatic heterocycles. The summed E-state index contributed by atoms with van der Waals surface area (Å²) in [6, 6.07) is 16.6. The summed E-state index contributed by atoms with van der Waals surface area (Å²) in [6.45, 7) is 6.16. The normalized spacial score (nSPS) is 11.4. The molecule has 2 aromatic rings. The van der Waals surface area contributed by atoms with Crippen molar-refractivity contribution in [3.05, 3.63) is 59.7 Å². The minimum atomic E-state index is -0.175. The van der Waals surface area contributed by atoms with Gasteiger partial charge in [0.2, 0.25) is 0 Å². The van der Waals surface area contributed by atoms with Gasteiger partial charge in [0.25, 0.3) is 0 Å². The maximum Gasteiger partial charge on any atom is 0.119 e. The van der Waals surface area contributed by atoms with Gasteiger partial charge in [-0.05, 0) is 48.2 Å². The highest BCUT2D eigenvalue weighted by Crippen LogP contribution is 2.31. The largest absolute Gasteiger partial charge is 0.494 e. The highest BCUT2D eigenvalue weighted by Gasteiger charge is 2.11. The van der Waals surface area contributed by atoms with Crippen LogP contribution in [-0.4, -0.2) is 13.2 Å². The number of rotatable bonds is 30. The van der Waals surface area contributed by atoms with Gasteiger partial charge in [0.15, 0.2) is 0 Å². The number of hydrogen-bond acceptors (Lipinski definition) is 2. The average Bonchev–Trinajstić information content (AvgIpc) is 3.05. The number of benzene rings is 2. The van der Waals surface area contributed by atoms with Gasteiger partial charge in [-0.3, -0.25) is 0 Å². The summed E-state index contributed by atoms with van der Waals surface area (Å²) in [4.78, 5) is 0. The van der Waals surface area contributed by atoms with Crippen molar-refractivity contribution in [3.8, 4) is 11.5 Å². The van der Waals surface area contributed by atoms with Gasteiger partial charge in [-0.1, -0.05) is 179 Å². The van der Waals surface area contributed by atoms with Crippen LogP contribution < -0.4 is 9.47 Å². The number of alkyl halides is 1. The van der Waals surface area contributed by atoms with Crippen molar-refractivity contribution in [2.75, 3.05) is 13.2 Å². The molecule has 0 bridgehead atoms. The lowest BCUT2D eigenvalue weighted by molar-refractivity contribution is 0.304. The summed E-state index contributed by atoms with van der Waals surface area (Å²) in [6.07, 6.45) is 32.7. The third-order valence-electron chi connectivity index (χ3n) is 8.88. The number of halogens is 1. The summed E-state index contributed by atoms with van der Waals surface area (Å²) in [7, 11) is 0. The molecule has 2 rings (SSSR count). The number of hydrogen-bond donors (Lipinski definition) is 0. The minimum Gasteiger partial charge on any atom is -0.494 e. The smallest absolute Gasteiger partial charge is 0.119 e. The summed E-state index contributed by atoms with van der Waals surface area (Å²) in [5.41, 5.74) is 2.18. The highest BCUT2D eigenvalue weighted by atomic mass is 35.5. The second-order valence-electron chi connectivity index (χ2n) is 13.0. The molecule has 2 aromatic carbocycles. The summed E-state index contributed by atoms with van der Waals surface area (Å²) in [5.74, 6) is 1.87. The van der Waals surface area contributed by atoms with Gasteiger partial charge in [-0.25, -0.2) is 0 Å². The van der Waals surface area contributed by atoms with Gasteiger partial charge in [0.1, 0.15) is 11.5 Å². The van der Waals surface area contributed by atoms with Crippen LogP contribution in [-0.2, 0) is 0 Å². The van der Waals surface area contributed by atoms with E-state index in [1.165, 1.54) is 141 Å². The lowest BCUT2D eigenvalue weighted by Crippen LogP contribution is -1.99. The lowest BCUT2D eigenvalue weighted by Gasteiger charge is -2.13. The Labute approximate surface area is 278 Å². The predicted molar refractivity (Wildman–Crippen MR) is 194 cm³/mol. The average molecular weight is 627 g/mol. The van der Waals surface area contributed by atoms with Crippen LogP contribution in [0.5, 0.6) is 11.5 Å². The van der Waals surface area contributed by atoms with E-state index in [1.807, 2.05) is 0 Å². The Morgan fingerprint density at radius 3 is 0.909 bits per heavy atom. The van der Waals surface area contributed by atoms with Crippen LogP contribution in [0, 0.1) is 0 Å². The molecule has 44 heavy (non-hydrogen) atoms. The monoisotopic (exact) mass is 626 g/mol. The zero-order chi connectivity index (χ0) is 31.3. The zero-order valence-electron chi connectivity index (χ0n) is 28.8. The van der Waals surface area contributed by atoms with Gasteiger partial charge in [0.05, 0.1) is 18.6 Å². The van der Waals surface area contributed by atoms with Crippen LogP contribution in [0.15, 0.2) is 48.5 Å². The first kappa shape index (κ1) is 38.5. The first-order chi connectivity index (χ1) is 21.7. The fraction of sp³-hybridized carbons (Fsp3) is 0.707. The van der Waals surface area contributed by atoms with Crippen LogP contribution in [0.1, 0.15) is 184 Å². The molecule has 0 heterocycles. The first-order valence-electron chi connectivity index (χ1n) is 18.8. The molecule has 0 saturated heterocycles. The molecule has 0 aliphatic heterocycles. The van der Waals surface area contributed by atoms with E-state index in [2.05, 4.69) is 62.4 Å². The van der Waals surface area contributed by atoms with Gasteiger partial charge in [-0.2, -0.15) is 0 Å². The maximum atomic E-state index is 6.83. The van der Waals surface area contributed by atoms with Crippen molar-refractivity contribution in [1.82, 2.24) is 0 Å². The number of unbranched alkanes of at least 4 members (excludes halogenated alkanes) is 22. The van der Waals surface area contributed by atoms with Crippen molar-refractivity contribution in [3.63, 3.8) is 0 Å². The van der Waals surface area contributed by atoms with Crippen molar-refractivity contribution in [1.29, 1.82) is 0 Å². The van der Waals surface area contributed by atoms with E-state index < -0.39 is 0 Å². The van der Waals surface area contributed by atoms with E-state index in [0.717, 1.165) is 48.7 Å². The van der Waals surface area contributed by atoms with E-state index in [9.17, 15) is 0 Å². The molecular formula is C41H67ClO2. The van der Waals surface area contributed by atoms with Gasteiger partial charge < -0.3 is 9.47 Å². The maximum absolute atomic E-state index is 6.83. The Bertz CT molecular complexity index is 805. The Balaban J connectivity index is 1.48. The van der Waals surface area contributed by atoms with Crippen molar-refractivity contribution >= 4 is 11.6 Å². The molecule has 3 heteroatoms. The molecule has 0 aliphatic rings. The molecule has 0 saturated carbocycles. The fourth-order valence-electron chi connectivity index (χ4n) is 5.92. The van der Waals surface area contributed by atoms with Gasteiger partial charge in [-0.15, -0.1) is 11.6 Å². The highest BCUT2D eigenvalue weighted by molar-refractivity contribution is 6.22. The molecule has 0 amide bonds. The molecular weight excluding hydrogens is 560 g/mol. The Morgan fingerprint density at radius 1 is 0.386 bits per heavy atom. The molecule has 0 fully saturated rings. The van der Waals surface area contributed by atoms with Crippen LogP contribution in [0.25, 0.3) is 0 Å². The van der Waals surface area contributed by atoms with E-state index in [4.69, 9.17) is 21.1 Å². The molecule has 0 unspecified atom stereocenters. The van der Waals surface area contributed by atoms with Crippen LogP contribution in [0.4, 0.5) is 0 Å². The minimum absolute atomic E-state index is 0.175. The fourth-order valence-corrected chi connectivity index (χ4v) is 6.22. The molecule has 250 valence electrons. The van der Waals surface area contributed by atoms with E-state index >= 15 is 0 Å². The van der Waals surface area contributed by atoms with Gasteiger partial charge in [0, 0.05) is 0 Å². The molecule has 0 atom stereocenters. The Morgan fingerprint density at radius 2 is 0.636 bits per heavy atom. The molecule has 2 nitrogen and oxygen atoms in total. The predicted octanol–water partition coefficient (Wildman–Crippen LogP) is 14.2. The second kappa shape index (κ2) is 27.6. The first-order valence-corrected chi connectivity index (χ1v) is 19.3. The molecule has 0 spiro atoms. The van der Waals surface area contributed by atoms with E-state index in [-0.39, 0.29) is 5.38 Å². The van der Waals surface area contributed by atoms with Crippen molar-refractivity contribution in [2.24, 2.45) is 0 Å². The van der Waals surface area contributed by atoms with Crippen molar-refractivity contribution < 1.29 is 9.47 Å². The molecule has 0 N–H and O–H groups in total. The summed E-state index contributed by atoms with van der Waals surface area (Å²) < 4.78 is 12.0. The zero-order valence-corrected chi connectivity index (χ0v) is 29.5. The van der Waals surface area contributed by atoms with Crippen LogP contribution in [0.3, 0.4) is 0 Å². The molecule has 0 aliphatic carbocycles. The Hall–Kier alpha value is -1.67. The van der Waals surface area contributed by atoms with Crippen molar-refractivity contribution in [2.45, 2.75) is 173 Å². The molecule has 0 radical (unpaired) electrons. The summed E-state index contributed by atoms with van der Waals surface area (Å²) >= 11 is 6.83. The Kier molecular flexibility index (Phi) is 24.2. The van der Waals surface area contributed by atoms with Crippen LogP contribution >= 0.6 is 11.6 Å². The third kappa shape index (κ3) is 19.7. The quantitative estimate of drug-likeness (QED) is 0.0634. The third-order valence-corrected chi connectivity index (χ3v) is 9.38. The second-order valence-corrected chi connectivity index (χ2v) is 13.4.